The van der Waals surface area contributed by atoms with E-state index in [0.717, 1.165) is 6.42 Å². The van der Waals surface area contributed by atoms with E-state index < -0.39 is 7.92 Å². The Bertz CT molecular complexity index is 676. The number of benzene rings is 3. The number of rotatable bonds is 3. The van der Waals surface area contributed by atoms with Crippen molar-refractivity contribution in [3.63, 3.8) is 0 Å². The fourth-order valence-corrected chi connectivity index (χ4v) is 4.82. The van der Waals surface area contributed by atoms with E-state index in [9.17, 15) is 0 Å². The van der Waals surface area contributed by atoms with Gasteiger partial charge < -0.3 is 0 Å². The summed E-state index contributed by atoms with van der Waals surface area (Å²) in [6.45, 7) is 0. The Labute approximate surface area is 167 Å². The molecule has 25 heavy (non-hydrogen) atoms. The van der Waals surface area contributed by atoms with Crippen molar-refractivity contribution in [3.8, 4) is 0 Å². The van der Waals surface area contributed by atoms with Gasteiger partial charge in [0.1, 0.15) is 0 Å². The largest absolute Gasteiger partial charge is 1.00 e. The minimum atomic E-state index is -0.446. The Morgan fingerprint density at radius 1 is 0.600 bits per heavy atom. The molecule has 0 saturated heterocycles. The van der Waals surface area contributed by atoms with E-state index in [1.165, 1.54) is 15.9 Å². The molecule has 1 aliphatic carbocycles. The topological polar surface area (TPSA) is 0 Å². The van der Waals surface area contributed by atoms with Crippen molar-refractivity contribution < 1.29 is 22.4 Å². The van der Waals surface area contributed by atoms with Gasteiger partial charge in [-0.2, -0.15) is 6.08 Å². The summed E-state index contributed by atoms with van der Waals surface area (Å²) in [5.41, 5.74) is 0. The third-order valence-corrected chi connectivity index (χ3v) is 6.07. The number of hydrogen-bond donors (Lipinski definition) is 0. The van der Waals surface area contributed by atoms with Gasteiger partial charge in [0.05, 0.1) is 0 Å². The Morgan fingerprint density at radius 3 is 1.24 bits per heavy atom. The summed E-state index contributed by atoms with van der Waals surface area (Å²) >= 11 is 0. The van der Waals surface area contributed by atoms with Gasteiger partial charge in [-0.3, -0.25) is 6.08 Å². The van der Waals surface area contributed by atoms with Gasteiger partial charge in [-0.1, -0.05) is 91.0 Å². The van der Waals surface area contributed by atoms with Gasteiger partial charge in [0.25, 0.3) is 0 Å². The van der Waals surface area contributed by atoms with Crippen LogP contribution >= 0.6 is 7.92 Å². The molecule has 0 aromatic heterocycles. The second kappa shape index (κ2) is 11.0. The predicted octanol–water partition coefficient (Wildman–Crippen LogP) is 4.75. The quantitative estimate of drug-likeness (QED) is 0.264. The van der Waals surface area contributed by atoms with Crippen LogP contribution in [0, 0.1) is 6.08 Å². The maximum Gasteiger partial charge on any atom is 1.00 e. The second-order valence-electron chi connectivity index (χ2n) is 5.35. The van der Waals surface area contributed by atoms with Crippen molar-refractivity contribution in [2.75, 3.05) is 0 Å². The van der Waals surface area contributed by atoms with E-state index in [-0.39, 0.29) is 22.4 Å². The average molecular weight is 524 g/mol. The molecule has 0 nitrogen and oxygen atoms in total. The van der Waals surface area contributed by atoms with Crippen molar-refractivity contribution in [2.24, 2.45) is 0 Å². The molecule has 1 aliphatic rings. The zero-order valence-electron chi connectivity index (χ0n) is 13.8. The first-order valence-electron chi connectivity index (χ1n) is 8.12. The maximum atomic E-state index is 2.99. The molecule has 128 valence electrons. The summed E-state index contributed by atoms with van der Waals surface area (Å²) in [5, 5.41) is 4.19. The van der Waals surface area contributed by atoms with Crippen LogP contribution in [0.1, 0.15) is 6.42 Å². The molecule has 3 aromatic rings. The van der Waals surface area contributed by atoms with E-state index in [0.29, 0.717) is 0 Å². The third-order valence-electron chi connectivity index (χ3n) is 3.63. The molecular weight excluding hydrogens is 504 g/mol. The third kappa shape index (κ3) is 5.96. The van der Waals surface area contributed by atoms with Crippen molar-refractivity contribution in [3.05, 3.63) is 115 Å². The molecule has 0 amide bonds. The van der Waals surface area contributed by atoms with Gasteiger partial charge >= 0.3 is 22.4 Å². The minimum absolute atomic E-state index is 0. The van der Waals surface area contributed by atoms with E-state index in [1.54, 1.807) is 0 Å². The zero-order chi connectivity index (χ0) is 16.5. The summed E-state index contributed by atoms with van der Waals surface area (Å²) in [6, 6.07) is 32.3. The summed E-state index contributed by atoms with van der Waals surface area (Å²) in [7, 11) is -0.446. The minimum Gasteiger partial charge on any atom is -0.273 e. The second-order valence-corrected chi connectivity index (χ2v) is 7.57. The predicted molar refractivity (Wildman–Crippen MR) is 107 cm³/mol. The van der Waals surface area contributed by atoms with E-state index >= 15 is 0 Å². The monoisotopic (exact) mass is 524 g/mol. The summed E-state index contributed by atoms with van der Waals surface area (Å²) in [4.78, 5) is 0. The Kier molecular flexibility index (Phi) is 8.66. The fourth-order valence-electron chi connectivity index (χ4n) is 2.52. The molecule has 0 saturated carbocycles. The van der Waals surface area contributed by atoms with Gasteiger partial charge in [-0.15, -0.1) is 6.42 Å². The van der Waals surface area contributed by atoms with Gasteiger partial charge in [0.15, 0.2) is 0 Å². The van der Waals surface area contributed by atoms with Crippen molar-refractivity contribution >= 4 is 23.8 Å². The van der Waals surface area contributed by atoms with Crippen LogP contribution in [-0.2, 0) is 22.4 Å². The van der Waals surface area contributed by atoms with Crippen LogP contribution in [-0.4, -0.2) is 0 Å². The van der Waals surface area contributed by atoms with Crippen molar-refractivity contribution in [1.82, 2.24) is 0 Å². The van der Waals surface area contributed by atoms with E-state index in [4.69, 9.17) is 0 Å². The van der Waals surface area contributed by atoms with Crippen LogP contribution in [0.3, 0.4) is 0 Å². The van der Waals surface area contributed by atoms with Gasteiger partial charge in [-0.05, 0) is 23.8 Å². The van der Waals surface area contributed by atoms with Crippen LogP contribution in [0.25, 0.3) is 0 Å². The summed E-state index contributed by atoms with van der Waals surface area (Å²) in [6.07, 6.45) is 10.0. The van der Waals surface area contributed by atoms with E-state index in [1.807, 2.05) is 12.2 Å². The molecule has 3 aromatic carbocycles. The fraction of sp³-hybridized carbons (Fsp3) is 0.0435. The molecule has 0 heterocycles. The first-order chi connectivity index (χ1) is 11.9. The molecule has 0 radical (unpaired) electrons. The molecular formula is C23H20AuP. The Balaban J connectivity index is 0.000000325. The standard InChI is InChI=1S/C18H15P.C5H5.Au/c1-4-10-16(11-5-1)19(17-12-6-2-7-13-17)18-14-8-3-9-15-18;1-2-4-5-3-1;/h1-15H;1-3H,4H2;/q;-1;+1. The molecule has 0 spiro atoms. The van der Waals surface area contributed by atoms with Crippen molar-refractivity contribution in [2.45, 2.75) is 6.42 Å². The number of hydrogen-bond acceptors (Lipinski definition) is 0. The molecule has 0 N–H and O–H groups in total. The summed E-state index contributed by atoms with van der Waals surface area (Å²) < 4.78 is 0. The van der Waals surface area contributed by atoms with Gasteiger partial charge in [0.2, 0.25) is 0 Å². The SMILES string of the molecule is [Au+].[C-]1=CC=CC1.c1ccc(P(c2ccccc2)c2ccccc2)cc1. The normalized spacial score (nSPS) is 11.6. The molecule has 4 rings (SSSR count). The first kappa shape index (κ1) is 19.6. The van der Waals surface area contributed by atoms with Crippen molar-refractivity contribution in [1.29, 1.82) is 0 Å². The smallest absolute Gasteiger partial charge is 0.273 e. The summed E-state index contributed by atoms with van der Waals surface area (Å²) in [5.74, 6) is 0. The molecule has 0 bridgehead atoms. The number of allylic oxidation sites excluding steroid dienone is 4. The maximum absolute atomic E-state index is 2.99. The van der Waals surface area contributed by atoms with E-state index in [2.05, 4.69) is 103 Å². The van der Waals surface area contributed by atoms with Crippen LogP contribution in [0.4, 0.5) is 0 Å². The van der Waals surface area contributed by atoms with Crippen LogP contribution < -0.4 is 15.9 Å². The van der Waals surface area contributed by atoms with Gasteiger partial charge in [-0.25, -0.2) is 12.2 Å². The van der Waals surface area contributed by atoms with Crippen LogP contribution in [0.2, 0.25) is 0 Å². The molecule has 0 aliphatic heterocycles. The Morgan fingerprint density at radius 2 is 1.00 bits per heavy atom. The molecule has 2 heteroatoms. The molecule has 0 fully saturated rings. The average Bonchev–Trinajstić information content (AvgIpc) is 3.25. The molecule has 0 atom stereocenters. The Hall–Kier alpha value is -1.69. The van der Waals surface area contributed by atoms with Crippen LogP contribution in [0.15, 0.2) is 109 Å². The zero-order valence-corrected chi connectivity index (χ0v) is 16.9. The van der Waals surface area contributed by atoms with Gasteiger partial charge in [0, 0.05) is 0 Å². The van der Waals surface area contributed by atoms with Crippen LogP contribution in [0.5, 0.6) is 0 Å². The first-order valence-corrected chi connectivity index (χ1v) is 9.46. The molecule has 0 unspecified atom stereocenters.